The topological polar surface area (TPSA) is 75.3 Å². The number of rotatable bonds is 9. The standard InChI is InChI=1S/C16H26N2O3S.ClH/c1-4-17-11-14-7-5-6-8-15(14)18-16(19)9-10-22(20,21)12-13(2)3;/h5-8,13,17H,4,9-12H2,1-3H3,(H,18,19);1H. The number of anilines is 1. The van der Waals surface area contributed by atoms with Gasteiger partial charge >= 0.3 is 0 Å². The molecule has 0 saturated heterocycles. The molecule has 2 N–H and O–H groups in total. The van der Waals surface area contributed by atoms with Crippen LogP contribution >= 0.6 is 12.4 Å². The lowest BCUT2D eigenvalue weighted by atomic mass is 10.1. The molecule has 7 heteroatoms. The van der Waals surface area contributed by atoms with Crippen LogP contribution in [0.3, 0.4) is 0 Å². The van der Waals surface area contributed by atoms with Crippen LogP contribution in [0.15, 0.2) is 24.3 Å². The summed E-state index contributed by atoms with van der Waals surface area (Å²) in [6, 6.07) is 7.52. The minimum absolute atomic E-state index is 0. The third-order valence-corrected chi connectivity index (χ3v) is 5.08. The molecule has 1 rings (SSSR count). The largest absolute Gasteiger partial charge is 0.326 e. The predicted octanol–water partition coefficient (Wildman–Crippen LogP) is 2.62. The minimum atomic E-state index is -3.17. The number of nitrogens with one attached hydrogen (secondary N) is 2. The Morgan fingerprint density at radius 3 is 2.48 bits per heavy atom. The average Bonchev–Trinajstić information content (AvgIpc) is 2.43. The summed E-state index contributed by atoms with van der Waals surface area (Å²) >= 11 is 0. The van der Waals surface area contributed by atoms with Gasteiger partial charge in [0.2, 0.25) is 5.91 Å². The van der Waals surface area contributed by atoms with Crippen molar-refractivity contribution in [2.45, 2.75) is 33.7 Å². The fraction of sp³-hybridized carbons (Fsp3) is 0.562. The first-order valence-electron chi connectivity index (χ1n) is 7.63. The quantitative estimate of drug-likeness (QED) is 0.708. The maximum Gasteiger partial charge on any atom is 0.225 e. The molecule has 0 fully saturated rings. The van der Waals surface area contributed by atoms with Crippen LogP contribution in [-0.4, -0.2) is 32.4 Å². The fourth-order valence-corrected chi connectivity index (χ4v) is 3.79. The molecule has 1 amide bonds. The SMILES string of the molecule is CCNCc1ccccc1NC(=O)CCS(=O)(=O)CC(C)C.Cl. The second-order valence-electron chi connectivity index (χ2n) is 5.74. The molecule has 0 unspecified atom stereocenters. The van der Waals surface area contributed by atoms with Gasteiger partial charge in [0.25, 0.3) is 0 Å². The molecule has 0 aliphatic heterocycles. The van der Waals surface area contributed by atoms with E-state index in [0.717, 1.165) is 17.8 Å². The van der Waals surface area contributed by atoms with Gasteiger partial charge in [0.05, 0.1) is 11.5 Å². The van der Waals surface area contributed by atoms with Gasteiger partial charge in [-0.05, 0) is 24.1 Å². The van der Waals surface area contributed by atoms with Crippen molar-refractivity contribution in [1.82, 2.24) is 5.32 Å². The van der Waals surface area contributed by atoms with Gasteiger partial charge in [0.15, 0.2) is 9.84 Å². The molecule has 1 aromatic rings. The molecular formula is C16H27ClN2O3S. The lowest BCUT2D eigenvalue weighted by Gasteiger charge is -2.12. The molecule has 0 aromatic heterocycles. The maximum atomic E-state index is 12.0. The summed E-state index contributed by atoms with van der Waals surface area (Å²) in [4.78, 5) is 12.0. The average molecular weight is 363 g/mol. The molecule has 0 spiro atoms. The number of halogens is 1. The Balaban J connectivity index is 0.00000484. The number of carbonyl (C=O) groups excluding carboxylic acids is 1. The normalized spacial score (nSPS) is 11.1. The zero-order chi connectivity index (χ0) is 16.6. The highest BCUT2D eigenvalue weighted by atomic mass is 35.5. The summed E-state index contributed by atoms with van der Waals surface area (Å²) in [6.07, 6.45) is -0.00933. The van der Waals surface area contributed by atoms with Gasteiger partial charge in [0, 0.05) is 18.7 Å². The lowest BCUT2D eigenvalue weighted by Crippen LogP contribution is -2.22. The molecule has 1 aromatic carbocycles. The molecule has 23 heavy (non-hydrogen) atoms. The molecular weight excluding hydrogens is 336 g/mol. The monoisotopic (exact) mass is 362 g/mol. The third-order valence-electron chi connectivity index (χ3n) is 3.08. The summed E-state index contributed by atoms with van der Waals surface area (Å²) < 4.78 is 23.6. The minimum Gasteiger partial charge on any atom is -0.326 e. The van der Waals surface area contributed by atoms with E-state index in [-0.39, 0.29) is 42.2 Å². The van der Waals surface area contributed by atoms with E-state index in [0.29, 0.717) is 6.54 Å². The van der Waals surface area contributed by atoms with Crippen molar-refractivity contribution >= 4 is 33.8 Å². The molecule has 0 atom stereocenters. The number of amides is 1. The zero-order valence-electron chi connectivity index (χ0n) is 14.0. The van der Waals surface area contributed by atoms with Crippen molar-refractivity contribution in [2.24, 2.45) is 5.92 Å². The van der Waals surface area contributed by atoms with E-state index < -0.39 is 9.84 Å². The Hall–Kier alpha value is -1.11. The van der Waals surface area contributed by atoms with Crippen LogP contribution in [0.25, 0.3) is 0 Å². The van der Waals surface area contributed by atoms with E-state index in [2.05, 4.69) is 10.6 Å². The van der Waals surface area contributed by atoms with Crippen LogP contribution in [0.5, 0.6) is 0 Å². The number of para-hydroxylation sites is 1. The van der Waals surface area contributed by atoms with E-state index >= 15 is 0 Å². The Bertz CT molecular complexity index is 589. The van der Waals surface area contributed by atoms with Gasteiger partial charge in [-0.1, -0.05) is 39.0 Å². The highest BCUT2D eigenvalue weighted by Gasteiger charge is 2.16. The van der Waals surface area contributed by atoms with E-state index in [1.54, 1.807) is 0 Å². The number of carbonyl (C=O) groups is 1. The number of hydrogen-bond donors (Lipinski definition) is 2. The highest BCUT2D eigenvalue weighted by Crippen LogP contribution is 2.15. The van der Waals surface area contributed by atoms with Crippen molar-refractivity contribution < 1.29 is 13.2 Å². The van der Waals surface area contributed by atoms with Crippen LogP contribution in [0, 0.1) is 5.92 Å². The first-order chi connectivity index (χ1) is 10.3. The number of sulfone groups is 1. The Kier molecular flexibility index (Phi) is 10.1. The van der Waals surface area contributed by atoms with Crippen molar-refractivity contribution in [1.29, 1.82) is 0 Å². The van der Waals surface area contributed by atoms with Crippen molar-refractivity contribution in [2.75, 3.05) is 23.4 Å². The molecule has 0 aliphatic rings. The molecule has 0 bridgehead atoms. The van der Waals surface area contributed by atoms with E-state index in [9.17, 15) is 13.2 Å². The molecule has 0 aliphatic carbocycles. The van der Waals surface area contributed by atoms with Crippen LogP contribution < -0.4 is 10.6 Å². The van der Waals surface area contributed by atoms with E-state index in [1.165, 1.54) is 0 Å². The highest BCUT2D eigenvalue weighted by molar-refractivity contribution is 7.91. The summed E-state index contributed by atoms with van der Waals surface area (Å²) in [6.45, 7) is 7.23. The molecule has 5 nitrogen and oxygen atoms in total. The van der Waals surface area contributed by atoms with Crippen molar-refractivity contribution in [3.05, 3.63) is 29.8 Å². The molecule has 0 radical (unpaired) electrons. The summed E-state index contributed by atoms with van der Waals surface area (Å²) in [5, 5.41) is 6.01. The second kappa shape index (κ2) is 10.6. The third kappa shape index (κ3) is 8.93. The van der Waals surface area contributed by atoms with Crippen molar-refractivity contribution in [3.63, 3.8) is 0 Å². The van der Waals surface area contributed by atoms with Crippen LogP contribution in [0.4, 0.5) is 5.69 Å². The van der Waals surface area contributed by atoms with Crippen LogP contribution in [0.2, 0.25) is 0 Å². The Morgan fingerprint density at radius 1 is 1.22 bits per heavy atom. The summed E-state index contributed by atoms with van der Waals surface area (Å²) in [5.41, 5.74) is 1.72. The maximum absolute atomic E-state index is 12.0. The van der Waals surface area contributed by atoms with Gasteiger partial charge in [-0.3, -0.25) is 4.79 Å². The number of benzene rings is 1. The van der Waals surface area contributed by atoms with Gasteiger partial charge in [0.1, 0.15) is 0 Å². The Labute approximate surface area is 145 Å². The smallest absolute Gasteiger partial charge is 0.225 e. The van der Waals surface area contributed by atoms with Gasteiger partial charge < -0.3 is 10.6 Å². The van der Waals surface area contributed by atoms with Gasteiger partial charge in [-0.25, -0.2) is 8.42 Å². The summed E-state index contributed by atoms with van der Waals surface area (Å²) in [5.74, 6) is -0.172. The molecule has 132 valence electrons. The van der Waals surface area contributed by atoms with E-state index in [4.69, 9.17) is 0 Å². The molecule has 0 heterocycles. The van der Waals surface area contributed by atoms with Crippen LogP contribution in [0.1, 0.15) is 32.8 Å². The molecule has 0 saturated carbocycles. The zero-order valence-corrected chi connectivity index (χ0v) is 15.6. The summed E-state index contributed by atoms with van der Waals surface area (Å²) in [7, 11) is -3.17. The van der Waals surface area contributed by atoms with Crippen molar-refractivity contribution in [3.8, 4) is 0 Å². The number of hydrogen-bond acceptors (Lipinski definition) is 4. The lowest BCUT2D eigenvalue weighted by molar-refractivity contribution is -0.115. The fourth-order valence-electron chi connectivity index (χ4n) is 2.11. The van der Waals surface area contributed by atoms with Gasteiger partial charge in [-0.2, -0.15) is 0 Å². The van der Waals surface area contributed by atoms with Crippen LogP contribution in [-0.2, 0) is 21.2 Å². The first-order valence-corrected chi connectivity index (χ1v) is 9.45. The first kappa shape index (κ1) is 21.9. The second-order valence-corrected chi connectivity index (χ2v) is 7.97. The van der Waals surface area contributed by atoms with E-state index in [1.807, 2.05) is 45.0 Å². The Morgan fingerprint density at radius 2 is 1.87 bits per heavy atom. The van der Waals surface area contributed by atoms with Gasteiger partial charge in [-0.15, -0.1) is 12.4 Å². The predicted molar refractivity (Wildman–Crippen MR) is 97.8 cm³/mol.